The summed E-state index contributed by atoms with van der Waals surface area (Å²) in [4.78, 5) is 55.8. The van der Waals surface area contributed by atoms with E-state index in [4.69, 9.17) is 27.6 Å². The number of piperazine rings is 1. The number of amides is 2. The van der Waals surface area contributed by atoms with Crippen molar-refractivity contribution in [2.24, 2.45) is 0 Å². The number of carbonyl (C=O) groups is 3. The first-order valence-corrected chi connectivity index (χ1v) is 22.1. The molecule has 2 fully saturated rings. The lowest BCUT2D eigenvalue weighted by molar-refractivity contribution is -0.119. The van der Waals surface area contributed by atoms with Crippen LogP contribution in [0.5, 0.6) is 0 Å². The molecule has 2 aliphatic rings. The second-order valence-electron chi connectivity index (χ2n) is 14.4. The highest BCUT2D eigenvalue weighted by atomic mass is 31.2. The maximum absolute atomic E-state index is 15.7. The van der Waals surface area contributed by atoms with Crippen LogP contribution in [0.1, 0.15) is 88.7 Å². The molecule has 5 rings (SSSR count). The molecule has 2 amide bonds. The first-order valence-electron chi connectivity index (χ1n) is 19.2. The number of carbonyl (C=O) groups excluding carboxylic acids is 3. The molecule has 2 heterocycles. The Morgan fingerprint density at radius 1 is 0.930 bits per heavy atom. The molecule has 1 atom stereocenters. The Balaban J connectivity index is 1.28. The van der Waals surface area contributed by atoms with E-state index in [1.165, 1.54) is 6.20 Å². The number of pyridine rings is 1. The van der Waals surface area contributed by atoms with Crippen molar-refractivity contribution in [1.29, 1.82) is 0 Å². The Morgan fingerprint density at radius 2 is 1.54 bits per heavy atom. The zero-order valence-electron chi connectivity index (χ0n) is 33.6. The molecule has 0 radical (unpaired) electrons. The van der Waals surface area contributed by atoms with Gasteiger partial charge in [-0.1, -0.05) is 12.1 Å². The molecule has 312 valence electrons. The molecule has 3 aromatic rings. The molecular weight excluding hydrogens is 781 g/mol. The zero-order chi connectivity index (χ0) is 41.5. The van der Waals surface area contributed by atoms with E-state index in [-0.39, 0.29) is 35.9 Å². The topological polar surface area (TPSA) is 164 Å². The summed E-state index contributed by atoms with van der Waals surface area (Å²) in [7, 11) is -5.47. The van der Waals surface area contributed by atoms with Gasteiger partial charge in [0.05, 0.1) is 37.6 Å². The maximum atomic E-state index is 15.7. The van der Waals surface area contributed by atoms with Crippen molar-refractivity contribution in [3.05, 3.63) is 69.8 Å². The van der Waals surface area contributed by atoms with E-state index >= 15 is 4.39 Å². The van der Waals surface area contributed by atoms with Gasteiger partial charge in [-0.25, -0.2) is 14.0 Å². The Kier molecular flexibility index (Phi) is 14.9. The van der Waals surface area contributed by atoms with Gasteiger partial charge in [-0.05, 0) is 91.1 Å². The molecule has 1 saturated carbocycles. The number of aromatic nitrogens is 1. The van der Waals surface area contributed by atoms with Crippen molar-refractivity contribution in [2.45, 2.75) is 78.4 Å². The highest BCUT2D eigenvalue weighted by Gasteiger charge is 2.45. The van der Waals surface area contributed by atoms with Crippen LogP contribution in [0.15, 0.2) is 47.4 Å². The zero-order valence-corrected chi connectivity index (χ0v) is 35.4. The van der Waals surface area contributed by atoms with E-state index in [9.17, 15) is 23.7 Å². The Morgan fingerprint density at radius 3 is 2.09 bits per heavy atom. The summed E-state index contributed by atoms with van der Waals surface area (Å²) < 4.78 is 65.3. The summed E-state index contributed by atoms with van der Waals surface area (Å²) in [6.07, 6.45) is 2.61. The molecule has 15 nitrogen and oxygen atoms in total. The van der Waals surface area contributed by atoms with Crippen LogP contribution in [-0.4, -0.2) is 92.3 Å². The van der Waals surface area contributed by atoms with Crippen molar-refractivity contribution in [3.63, 3.8) is 0 Å². The number of anilines is 2. The Hall–Kier alpha value is -3.91. The largest absolute Gasteiger partial charge is 0.452 e. The number of hydrogen-bond donors (Lipinski definition) is 1. The number of benzene rings is 2. The lowest BCUT2D eigenvalue weighted by Crippen LogP contribution is -2.50. The Labute approximate surface area is 333 Å². The average Bonchev–Trinajstić information content (AvgIpc) is 4.00. The minimum atomic E-state index is -3.74. The number of nitrogens with zero attached hydrogens (tertiary/aromatic N) is 3. The summed E-state index contributed by atoms with van der Waals surface area (Å²) in [5, 5.41) is 1.82. The number of esters is 1. The number of fused-ring (bicyclic) bond motifs is 1. The van der Waals surface area contributed by atoms with Crippen LogP contribution < -0.4 is 15.6 Å². The van der Waals surface area contributed by atoms with Crippen molar-refractivity contribution in [2.75, 3.05) is 69.4 Å². The van der Waals surface area contributed by atoms with Gasteiger partial charge >= 0.3 is 19.7 Å². The van der Waals surface area contributed by atoms with Gasteiger partial charge in [0.1, 0.15) is 17.0 Å². The van der Waals surface area contributed by atoms with E-state index in [0.29, 0.717) is 56.2 Å². The summed E-state index contributed by atoms with van der Waals surface area (Å²) in [5.41, 5.74) is 0.0190. The van der Waals surface area contributed by atoms with Crippen LogP contribution in [0.25, 0.3) is 10.9 Å². The van der Waals surface area contributed by atoms with E-state index < -0.39 is 62.8 Å². The monoisotopic (exact) mass is 834 g/mol. The minimum absolute atomic E-state index is 0.00224. The van der Waals surface area contributed by atoms with Crippen LogP contribution in [0.4, 0.5) is 20.6 Å². The van der Waals surface area contributed by atoms with Gasteiger partial charge in [-0.2, -0.15) is 0 Å². The third-order valence-electron chi connectivity index (χ3n) is 8.99. The van der Waals surface area contributed by atoms with Gasteiger partial charge < -0.3 is 47.3 Å². The van der Waals surface area contributed by atoms with Crippen LogP contribution in [0.3, 0.4) is 0 Å². The lowest BCUT2D eigenvalue weighted by Gasteiger charge is -2.37. The van der Waals surface area contributed by atoms with Crippen molar-refractivity contribution < 1.29 is 50.9 Å². The van der Waals surface area contributed by atoms with Gasteiger partial charge in [-0.3, -0.25) is 14.2 Å². The first kappa shape index (κ1) is 44.2. The third kappa shape index (κ3) is 11.0. The fraction of sp³-hybridized carbons (Fsp3) is 0.538. The van der Waals surface area contributed by atoms with Crippen molar-refractivity contribution in [3.8, 4) is 0 Å². The standard InChI is InChI=1S/C39H53FN4O11P2/c1-8-51-56(52-9-2)37(57(49,53-10-3)54-11-4)26-12-14-27(15-13-26)41-34(45)25-50-36(47)30-24-44(28-16-17-28)32-23-33(31(40)22-29(32)35(30)46)42-18-20-43(21-19-42)38(48)55-39(5,6)7/h12-15,22-24,28,37H,8-11,16-21,25H2,1-7H3,(H,41,45). The third-order valence-corrected chi connectivity index (χ3v) is 14.3. The summed E-state index contributed by atoms with van der Waals surface area (Å²) >= 11 is 0. The van der Waals surface area contributed by atoms with Crippen LogP contribution in [-0.2, 0) is 36.9 Å². The molecule has 1 aliphatic heterocycles. The van der Waals surface area contributed by atoms with E-state index in [1.807, 2.05) is 18.7 Å². The van der Waals surface area contributed by atoms with E-state index in [2.05, 4.69) is 5.32 Å². The molecule has 18 heteroatoms. The molecule has 2 aromatic carbocycles. The van der Waals surface area contributed by atoms with Gasteiger partial charge in [0.25, 0.3) is 5.91 Å². The van der Waals surface area contributed by atoms with Crippen LogP contribution in [0.2, 0.25) is 0 Å². The summed E-state index contributed by atoms with van der Waals surface area (Å²) in [5.74, 6) is -2.32. The molecule has 1 saturated heterocycles. The molecule has 0 bridgehead atoms. The highest BCUT2D eigenvalue weighted by molar-refractivity contribution is 7.69. The highest BCUT2D eigenvalue weighted by Crippen LogP contribution is 2.74. The number of hydrogen-bond acceptors (Lipinski definition) is 12. The van der Waals surface area contributed by atoms with Crippen LogP contribution >= 0.6 is 16.0 Å². The van der Waals surface area contributed by atoms with Crippen molar-refractivity contribution >= 4 is 56.2 Å². The SMILES string of the molecule is CCOP(OCC)C(c1ccc(NC(=O)COC(=O)c2cn(C3CC3)c3cc(N4CCN(C(=O)OC(C)(C)C)CC4)c(F)cc3c2=O)cc1)P(=O)(OCC)OCC. The normalized spacial score (nSPS) is 15.5. The van der Waals surface area contributed by atoms with Gasteiger partial charge in [0.2, 0.25) is 5.43 Å². The molecule has 1 unspecified atom stereocenters. The number of ether oxygens (including phenoxy) is 2. The molecular formula is C39H53FN4O11P2. The second-order valence-corrected chi connectivity index (χ2v) is 18.5. The summed E-state index contributed by atoms with van der Waals surface area (Å²) in [6.45, 7) is 14.1. The molecule has 1 N–H and O–H groups in total. The fourth-order valence-electron chi connectivity index (χ4n) is 6.39. The predicted molar refractivity (Wildman–Crippen MR) is 216 cm³/mol. The Bertz CT molecular complexity index is 2000. The van der Waals surface area contributed by atoms with Gasteiger partial charge in [-0.15, -0.1) is 0 Å². The average molecular weight is 835 g/mol. The van der Waals surface area contributed by atoms with E-state index in [0.717, 1.165) is 18.9 Å². The van der Waals surface area contributed by atoms with Crippen LogP contribution in [0, 0.1) is 5.82 Å². The van der Waals surface area contributed by atoms with Gasteiger partial charge in [0, 0.05) is 49.5 Å². The number of halogens is 1. The maximum Gasteiger partial charge on any atom is 0.410 e. The predicted octanol–water partition coefficient (Wildman–Crippen LogP) is 7.98. The number of rotatable bonds is 17. The van der Waals surface area contributed by atoms with Gasteiger partial charge in [0.15, 0.2) is 20.4 Å². The molecule has 1 aromatic heterocycles. The smallest absolute Gasteiger partial charge is 0.410 e. The molecule has 1 aliphatic carbocycles. The second kappa shape index (κ2) is 19.2. The minimum Gasteiger partial charge on any atom is -0.452 e. The first-order chi connectivity index (χ1) is 27.1. The summed E-state index contributed by atoms with van der Waals surface area (Å²) in [6, 6.07) is 9.27. The molecule has 57 heavy (non-hydrogen) atoms. The van der Waals surface area contributed by atoms with Crippen molar-refractivity contribution in [1.82, 2.24) is 9.47 Å². The quantitative estimate of drug-likeness (QED) is 0.103. The molecule has 0 spiro atoms. The van der Waals surface area contributed by atoms with E-state index in [1.54, 1.807) is 74.4 Å². The number of nitrogens with one attached hydrogen (secondary N) is 1. The lowest BCUT2D eigenvalue weighted by atomic mass is 10.1. The fourth-order valence-corrected chi connectivity index (χ4v) is 11.0.